The van der Waals surface area contributed by atoms with E-state index in [1.807, 2.05) is 110 Å². The summed E-state index contributed by atoms with van der Waals surface area (Å²) in [6.07, 6.45) is 0. The van der Waals surface area contributed by atoms with Crippen molar-refractivity contribution in [2.45, 2.75) is 12.8 Å². The summed E-state index contributed by atoms with van der Waals surface area (Å²) < 4.78 is 1.69. The van der Waals surface area contributed by atoms with Gasteiger partial charge in [-0.15, -0.1) is 0 Å². The molecule has 156 valence electrons. The summed E-state index contributed by atoms with van der Waals surface area (Å²) in [5.74, 6) is 0.685. The number of pyridine rings is 1. The number of benzene rings is 3. The van der Waals surface area contributed by atoms with Crippen LogP contribution in [-0.2, 0) is 4.79 Å². The third-order valence-electron chi connectivity index (χ3n) is 5.41. The molecular weight excluding hydrogens is 396 g/mol. The number of para-hydroxylation sites is 1. The van der Waals surface area contributed by atoms with Crippen molar-refractivity contribution in [2.75, 3.05) is 5.32 Å². The third-order valence-corrected chi connectivity index (χ3v) is 5.41. The minimum absolute atomic E-state index is 0.121. The number of aromatic nitrogens is 3. The molecule has 0 spiro atoms. The van der Waals surface area contributed by atoms with Crippen LogP contribution in [0, 0.1) is 6.92 Å². The van der Waals surface area contributed by atoms with E-state index in [0.717, 1.165) is 27.7 Å². The van der Waals surface area contributed by atoms with E-state index in [1.165, 1.54) is 0 Å². The number of anilines is 1. The minimum atomic E-state index is -0.439. The van der Waals surface area contributed by atoms with Crippen LogP contribution in [0.3, 0.4) is 0 Å². The molecule has 0 aliphatic heterocycles. The zero-order valence-corrected chi connectivity index (χ0v) is 17.6. The van der Waals surface area contributed by atoms with E-state index in [9.17, 15) is 4.79 Å². The maximum atomic E-state index is 13.5. The van der Waals surface area contributed by atoms with Crippen molar-refractivity contribution in [3.63, 3.8) is 0 Å². The Balaban J connectivity index is 1.52. The van der Waals surface area contributed by atoms with E-state index in [4.69, 9.17) is 4.98 Å². The molecule has 1 N–H and O–H groups in total. The van der Waals surface area contributed by atoms with Gasteiger partial charge in [0.25, 0.3) is 0 Å². The van der Waals surface area contributed by atoms with Crippen molar-refractivity contribution in [3.8, 4) is 5.82 Å². The fourth-order valence-corrected chi connectivity index (χ4v) is 3.92. The topological polar surface area (TPSA) is 59.8 Å². The Labute approximate surface area is 186 Å². The highest BCUT2D eigenvalue weighted by Gasteiger charge is 2.24. The molecule has 5 nitrogen and oxygen atoms in total. The number of carbonyl (C=O) groups excluding carboxylic acids is 1. The SMILES string of the molecule is Cc1cc(NC(=O)C(c2ccccc2)c2ccccc2)n(-c2ccc3ccccc3n2)n1. The average Bonchev–Trinajstić information content (AvgIpc) is 3.20. The number of hydrogen-bond donors (Lipinski definition) is 1. The first kappa shape index (κ1) is 19.7. The van der Waals surface area contributed by atoms with Crippen LogP contribution in [0.15, 0.2) is 103 Å². The minimum Gasteiger partial charge on any atom is -0.310 e. The molecular formula is C27H22N4O. The van der Waals surface area contributed by atoms with E-state index in [1.54, 1.807) is 4.68 Å². The van der Waals surface area contributed by atoms with Gasteiger partial charge < -0.3 is 5.32 Å². The Hall–Kier alpha value is -4.25. The van der Waals surface area contributed by atoms with Crippen LogP contribution >= 0.6 is 0 Å². The molecule has 5 rings (SSSR count). The molecule has 2 aromatic heterocycles. The Morgan fingerprint density at radius 1 is 0.812 bits per heavy atom. The first-order chi connectivity index (χ1) is 15.7. The molecule has 0 bridgehead atoms. The van der Waals surface area contributed by atoms with Gasteiger partial charge >= 0.3 is 0 Å². The van der Waals surface area contributed by atoms with Gasteiger partial charge in [-0.1, -0.05) is 78.9 Å². The van der Waals surface area contributed by atoms with Crippen molar-refractivity contribution in [2.24, 2.45) is 0 Å². The van der Waals surface area contributed by atoms with E-state index in [0.29, 0.717) is 11.6 Å². The standard InChI is InChI=1S/C27H22N4O/c1-19-18-25(31(30-19)24-17-16-20-10-8-9-15-23(20)28-24)29-27(32)26(21-11-4-2-5-12-21)22-13-6-3-7-14-22/h2-18,26H,1H3,(H,29,32). The summed E-state index contributed by atoms with van der Waals surface area (Å²) in [4.78, 5) is 18.3. The zero-order valence-electron chi connectivity index (χ0n) is 17.6. The van der Waals surface area contributed by atoms with E-state index in [2.05, 4.69) is 10.4 Å². The molecule has 0 unspecified atom stereocenters. The number of fused-ring (bicyclic) bond motifs is 1. The average molecular weight is 419 g/mol. The van der Waals surface area contributed by atoms with Crippen LogP contribution in [0.2, 0.25) is 0 Å². The van der Waals surface area contributed by atoms with E-state index < -0.39 is 5.92 Å². The largest absolute Gasteiger partial charge is 0.310 e. The number of amides is 1. The molecule has 0 aliphatic rings. The van der Waals surface area contributed by atoms with Gasteiger partial charge in [-0.3, -0.25) is 4.79 Å². The lowest BCUT2D eigenvalue weighted by Crippen LogP contribution is -2.23. The highest BCUT2D eigenvalue weighted by Crippen LogP contribution is 2.27. The van der Waals surface area contributed by atoms with Gasteiger partial charge in [0.1, 0.15) is 5.82 Å². The lowest BCUT2D eigenvalue weighted by Gasteiger charge is -2.18. The van der Waals surface area contributed by atoms with Gasteiger partial charge in [-0.05, 0) is 36.2 Å². The van der Waals surface area contributed by atoms with Crippen LogP contribution < -0.4 is 5.32 Å². The van der Waals surface area contributed by atoms with Crippen LogP contribution in [0.5, 0.6) is 0 Å². The predicted octanol–water partition coefficient (Wildman–Crippen LogP) is 5.50. The summed E-state index contributed by atoms with van der Waals surface area (Å²) in [7, 11) is 0. The number of hydrogen-bond acceptors (Lipinski definition) is 3. The summed E-state index contributed by atoms with van der Waals surface area (Å²) in [5, 5.41) is 8.74. The lowest BCUT2D eigenvalue weighted by atomic mass is 9.90. The maximum absolute atomic E-state index is 13.5. The predicted molar refractivity (Wildman–Crippen MR) is 127 cm³/mol. The summed E-state index contributed by atoms with van der Waals surface area (Å²) in [5.41, 5.74) is 3.54. The highest BCUT2D eigenvalue weighted by molar-refractivity contribution is 5.97. The first-order valence-electron chi connectivity index (χ1n) is 10.5. The number of aryl methyl sites for hydroxylation is 1. The maximum Gasteiger partial charge on any atom is 0.237 e. The summed E-state index contributed by atoms with van der Waals surface area (Å²) in [6, 6.07) is 33.3. The molecule has 32 heavy (non-hydrogen) atoms. The molecule has 5 aromatic rings. The second-order valence-corrected chi connectivity index (χ2v) is 7.69. The monoisotopic (exact) mass is 418 g/mol. The second-order valence-electron chi connectivity index (χ2n) is 7.69. The number of carbonyl (C=O) groups is 1. The molecule has 0 radical (unpaired) electrons. The Bertz CT molecular complexity index is 1340. The fourth-order valence-electron chi connectivity index (χ4n) is 3.92. The molecule has 0 aliphatic carbocycles. The quantitative estimate of drug-likeness (QED) is 0.410. The van der Waals surface area contributed by atoms with Gasteiger partial charge in [0.05, 0.1) is 17.1 Å². The van der Waals surface area contributed by atoms with Gasteiger partial charge in [0.15, 0.2) is 5.82 Å². The molecule has 2 heterocycles. The summed E-state index contributed by atoms with van der Waals surface area (Å²) >= 11 is 0. The zero-order chi connectivity index (χ0) is 21.9. The number of nitrogens with one attached hydrogen (secondary N) is 1. The molecule has 0 saturated carbocycles. The Kier molecular flexibility index (Phi) is 5.22. The Morgan fingerprint density at radius 2 is 1.44 bits per heavy atom. The molecule has 0 atom stereocenters. The summed E-state index contributed by atoms with van der Waals surface area (Å²) in [6.45, 7) is 1.90. The lowest BCUT2D eigenvalue weighted by molar-refractivity contribution is -0.116. The van der Waals surface area contributed by atoms with Crippen molar-refractivity contribution in [1.29, 1.82) is 0 Å². The van der Waals surface area contributed by atoms with Crippen molar-refractivity contribution in [3.05, 3.63) is 120 Å². The molecule has 0 fully saturated rings. The van der Waals surface area contributed by atoms with Gasteiger partial charge in [0.2, 0.25) is 5.91 Å². The van der Waals surface area contributed by atoms with Gasteiger partial charge in [-0.25, -0.2) is 4.98 Å². The van der Waals surface area contributed by atoms with Crippen LogP contribution in [0.1, 0.15) is 22.7 Å². The molecule has 5 heteroatoms. The number of rotatable bonds is 5. The van der Waals surface area contributed by atoms with Crippen molar-refractivity contribution >= 4 is 22.6 Å². The fraction of sp³-hybridized carbons (Fsp3) is 0.0741. The van der Waals surface area contributed by atoms with E-state index >= 15 is 0 Å². The Morgan fingerprint density at radius 3 is 2.12 bits per heavy atom. The molecule has 3 aromatic carbocycles. The number of nitrogens with zero attached hydrogens (tertiary/aromatic N) is 3. The van der Waals surface area contributed by atoms with Crippen molar-refractivity contribution < 1.29 is 4.79 Å². The first-order valence-corrected chi connectivity index (χ1v) is 10.5. The van der Waals surface area contributed by atoms with Gasteiger partial charge in [-0.2, -0.15) is 9.78 Å². The smallest absolute Gasteiger partial charge is 0.237 e. The van der Waals surface area contributed by atoms with Crippen LogP contribution in [0.4, 0.5) is 5.82 Å². The van der Waals surface area contributed by atoms with E-state index in [-0.39, 0.29) is 5.91 Å². The highest BCUT2D eigenvalue weighted by atomic mass is 16.2. The molecule has 1 amide bonds. The van der Waals surface area contributed by atoms with Crippen LogP contribution in [0.25, 0.3) is 16.7 Å². The van der Waals surface area contributed by atoms with Crippen LogP contribution in [-0.4, -0.2) is 20.7 Å². The van der Waals surface area contributed by atoms with Gasteiger partial charge in [0, 0.05) is 11.5 Å². The van der Waals surface area contributed by atoms with Crippen molar-refractivity contribution in [1.82, 2.24) is 14.8 Å². The molecule has 0 saturated heterocycles. The normalized spacial score (nSPS) is 11.1. The third kappa shape index (κ3) is 3.88. The second kappa shape index (κ2) is 8.47.